The number of carbonyl (C=O) groups is 1. The van der Waals surface area contributed by atoms with Crippen LogP contribution in [0, 0.1) is 0 Å². The minimum absolute atomic E-state index is 0.264. The van der Waals surface area contributed by atoms with Crippen molar-refractivity contribution in [3.8, 4) is 5.75 Å². The van der Waals surface area contributed by atoms with Gasteiger partial charge in [-0.05, 0) is 24.3 Å². The van der Waals surface area contributed by atoms with Crippen LogP contribution in [0.3, 0.4) is 0 Å². The largest absolute Gasteiger partial charge is 0.497 e. The second-order valence-corrected chi connectivity index (χ2v) is 7.65. The summed E-state index contributed by atoms with van der Waals surface area (Å²) in [6.45, 7) is 3.45. The molecular weight excluding hydrogens is 334 g/mol. The average molecular weight is 355 g/mol. The number of methoxy groups -OCH3 is 1. The van der Waals surface area contributed by atoms with E-state index in [-0.39, 0.29) is 11.0 Å². The number of carbonyl (C=O) groups excluding carboxylic acids is 1. The Labute approximate surface area is 141 Å². The van der Waals surface area contributed by atoms with Crippen molar-refractivity contribution in [2.75, 3.05) is 53.1 Å². The van der Waals surface area contributed by atoms with Gasteiger partial charge in [0.25, 0.3) is 0 Å². The summed E-state index contributed by atoms with van der Waals surface area (Å²) in [5.41, 5.74) is 0. The minimum Gasteiger partial charge on any atom is -0.497 e. The smallest absolute Gasteiger partial charge is 0.410 e. The number of piperazine rings is 1. The SMILES string of the molecule is COc1ccc(S(=O)(=O)N2CCN(CN3CCOC3=O)CC2)cc1. The number of rotatable bonds is 5. The molecule has 2 fully saturated rings. The van der Waals surface area contributed by atoms with Crippen LogP contribution in [0.15, 0.2) is 29.2 Å². The zero-order chi connectivity index (χ0) is 17.2. The van der Waals surface area contributed by atoms with Gasteiger partial charge in [0, 0.05) is 26.2 Å². The van der Waals surface area contributed by atoms with E-state index < -0.39 is 10.0 Å². The molecule has 0 unspecified atom stereocenters. The van der Waals surface area contributed by atoms with Gasteiger partial charge in [-0.2, -0.15) is 4.31 Å². The highest BCUT2D eigenvalue weighted by Crippen LogP contribution is 2.20. The monoisotopic (exact) mass is 355 g/mol. The van der Waals surface area contributed by atoms with Crippen molar-refractivity contribution < 1.29 is 22.7 Å². The molecule has 0 atom stereocenters. The Morgan fingerprint density at radius 1 is 1.08 bits per heavy atom. The summed E-state index contributed by atoms with van der Waals surface area (Å²) >= 11 is 0. The lowest BCUT2D eigenvalue weighted by molar-refractivity contribution is 0.110. The van der Waals surface area contributed by atoms with Crippen LogP contribution < -0.4 is 4.74 Å². The van der Waals surface area contributed by atoms with Crippen molar-refractivity contribution in [2.45, 2.75) is 4.90 Å². The lowest BCUT2D eigenvalue weighted by atomic mass is 10.3. The second kappa shape index (κ2) is 6.96. The molecule has 1 amide bonds. The standard InChI is InChI=1S/C15H21N3O5S/c1-22-13-2-4-14(5-3-13)24(20,21)18-8-6-16(7-9-18)12-17-10-11-23-15(17)19/h2-5H,6-12H2,1H3. The maximum Gasteiger partial charge on any atom is 0.410 e. The Morgan fingerprint density at radius 3 is 2.29 bits per heavy atom. The van der Waals surface area contributed by atoms with E-state index in [0.29, 0.717) is 51.7 Å². The van der Waals surface area contributed by atoms with Crippen molar-refractivity contribution in [3.05, 3.63) is 24.3 Å². The van der Waals surface area contributed by atoms with Gasteiger partial charge in [-0.3, -0.25) is 9.80 Å². The molecule has 2 aliphatic heterocycles. The van der Waals surface area contributed by atoms with Gasteiger partial charge in [0.15, 0.2) is 0 Å². The molecule has 1 aromatic carbocycles. The Hall–Kier alpha value is -1.84. The lowest BCUT2D eigenvalue weighted by Crippen LogP contribution is -2.51. The molecule has 0 spiro atoms. The molecular formula is C15H21N3O5S. The number of sulfonamides is 1. The molecule has 8 nitrogen and oxygen atoms in total. The summed E-state index contributed by atoms with van der Waals surface area (Å²) in [6, 6.07) is 6.39. The Morgan fingerprint density at radius 2 is 1.75 bits per heavy atom. The molecule has 0 aromatic heterocycles. The number of cyclic esters (lactones) is 1. The van der Waals surface area contributed by atoms with Crippen LogP contribution in [0.2, 0.25) is 0 Å². The molecule has 2 aliphatic rings. The van der Waals surface area contributed by atoms with E-state index in [2.05, 4.69) is 4.90 Å². The van der Waals surface area contributed by atoms with Crippen molar-refractivity contribution >= 4 is 16.1 Å². The van der Waals surface area contributed by atoms with Crippen LogP contribution in [0.25, 0.3) is 0 Å². The molecule has 0 aliphatic carbocycles. The highest BCUT2D eigenvalue weighted by molar-refractivity contribution is 7.89. The summed E-state index contributed by atoms with van der Waals surface area (Å²) < 4.78 is 36.8. The first-order valence-electron chi connectivity index (χ1n) is 7.79. The van der Waals surface area contributed by atoms with Crippen LogP contribution >= 0.6 is 0 Å². The highest BCUT2D eigenvalue weighted by Gasteiger charge is 2.30. The predicted molar refractivity (Wildman–Crippen MR) is 86.2 cm³/mol. The highest BCUT2D eigenvalue weighted by atomic mass is 32.2. The molecule has 0 bridgehead atoms. The van der Waals surface area contributed by atoms with Gasteiger partial charge in [0.1, 0.15) is 12.4 Å². The van der Waals surface area contributed by atoms with E-state index in [9.17, 15) is 13.2 Å². The number of benzene rings is 1. The molecule has 3 rings (SSSR count). The molecule has 24 heavy (non-hydrogen) atoms. The van der Waals surface area contributed by atoms with Gasteiger partial charge in [0.2, 0.25) is 10.0 Å². The van der Waals surface area contributed by atoms with Crippen molar-refractivity contribution in [1.82, 2.24) is 14.1 Å². The third-order valence-corrected chi connectivity index (χ3v) is 6.16. The first-order chi connectivity index (χ1) is 11.5. The van der Waals surface area contributed by atoms with Crippen molar-refractivity contribution in [3.63, 3.8) is 0 Å². The van der Waals surface area contributed by atoms with Gasteiger partial charge in [0.05, 0.1) is 25.2 Å². The molecule has 9 heteroatoms. The number of nitrogens with zero attached hydrogens (tertiary/aromatic N) is 3. The quantitative estimate of drug-likeness (QED) is 0.761. The van der Waals surface area contributed by atoms with Gasteiger partial charge in [-0.1, -0.05) is 0 Å². The number of amides is 1. The summed E-state index contributed by atoms with van der Waals surface area (Å²) in [5, 5.41) is 0. The zero-order valence-corrected chi connectivity index (χ0v) is 14.4. The van der Waals surface area contributed by atoms with E-state index in [1.165, 1.54) is 4.31 Å². The summed E-state index contributed by atoms with van der Waals surface area (Å²) in [5.74, 6) is 0.622. The molecule has 1 aromatic rings. The van der Waals surface area contributed by atoms with E-state index >= 15 is 0 Å². The third kappa shape index (κ3) is 3.47. The van der Waals surface area contributed by atoms with Crippen LogP contribution in [0.1, 0.15) is 0 Å². The van der Waals surface area contributed by atoms with Crippen LogP contribution in [0.4, 0.5) is 4.79 Å². The van der Waals surface area contributed by atoms with Crippen LogP contribution in [-0.4, -0.2) is 81.7 Å². The third-order valence-electron chi connectivity index (χ3n) is 4.24. The maximum absolute atomic E-state index is 12.7. The molecule has 132 valence electrons. The summed E-state index contributed by atoms with van der Waals surface area (Å²) in [6.07, 6.45) is -0.303. The number of hydrogen-bond acceptors (Lipinski definition) is 6. The number of hydrogen-bond donors (Lipinski definition) is 0. The molecule has 0 radical (unpaired) electrons. The topological polar surface area (TPSA) is 79.4 Å². The fraction of sp³-hybridized carbons (Fsp3) is 0.533. The molecule has 0 N–H and O–H groups in total. The second-order valence-electron chi connectivity index (χ2n) is 5.72. The van der Waals surface area contributed by atoms with Gasteiger partial charge >= 0.3 is 6.09 Å². The molecule has 0 saturated carbocycles. The fourth-order valence-corrected chi connectivity index (χ4v) is 4.23. The van der Waals surface area contributed by atoms with Crippen LogP contribution in [0.5, 0.6) is 5.75 Å². The van der Waals surface area contributed by atoms with Crippen molar-refractivity contribution in [2.24, 2.45) is 0 Å². The first-order valence-corrected chi connectivity index (χ1v) is 9.23. The minimum atomic E-state index is -3.50. The summed E-state index contributed by atoms with van der Waals surface area (Å²) in [4.78, 5) is 15.4. The van der Waals surface area contributed by atoms with Crippen LogP contribution in [-0.2, 0) is 14.8 Å². The molecule has 2 saturated heterocycles. The zero-order valence-electron chi connectivity index (χ0n) is 13.6. The van der Waals surface area contributed by atoms with Gasteiger partial charge in [-0.15, -0.1) is 0 Å². The fourth-order valence-electron chi connectivity index (χ4n) is 2.80. The molecule has 2 heterocycles. The van der Waals surface area contributed by atoms with Gasteiger partial charge in [-0.25, -0.2) is 13.2 Å². The maximum atomic E-state index is 12.7. The Kier molecular flexibility index (Phi) is 4.93. The average Bonchev–Trinajstić information content (AvgIpc) is 3.00. The Bertz CT molecular complexity index is 684. The first kappa shape index (κ1) is 17.0. The van der Waals surface area contributed by atoms with Crippen molar-refractivity contribution in [1.29, 1.82) is 0 Å². The van der Waals surface area contributed by atoms with E-state index in [0.717, 1.165) is 0 Å². The summed E-state index contributed by atoms with van der Waals surface area (Å²) in [7, 11) is -1.96. The normalized spacial score (nSPS) is 20.2. The number of ether oxygens (including phenoxy) is 2. The van der Waals surface area contributed by atoms with E-state index in [1.54, 1.807) is 36.3 Å². The predicted octanol–water partition coefficient (Wildman–Crippen LogP) is 0.411. The Balaban J connectivity index is 1.59. The van der Waals surface area contributed by atoms with E-state index in [1.807, 2.05) is 0 Å². The van der Waals surface area contributed by atoms with Gasteiger partial charge < -0.3 is 9.47 Å². The van der Waals surface area contributed by atoms with E-state index in [4.69, 9.17) is 9.47 Å². The lowest BCUT2D eigenvalue weighted by Gasteiger charge is -2.35.